The first-order valence-electron chi connectivity index (χ1n) is 6.43. The van der Waals surface area contributed by atoms with Crippen LogP contribution in [-0.4, -0.2) is 63.5 Å². The zero-order valence-corrected chi connectivity index (χ0v) is 10.3. The van der Waals surface area contributed by atoms with Gasteiger partial charge < -0.3 is 14.8 Å². The highest BCUT2D eigenvalue weighted by atomic mass is 16.5. The van der Waals surface area contributed by atoms with Gasteiger partial charge >= 0.3 is 0 Å². The number of rotatable bonds is 5. The second-order valence-electron chi connectivity index (χ2n) is 4.86. The topological polar surface area (TPSA) is 33.7 Å². The van der Waals surface area contributed by atoms with Crippen LogP contribution in [0.3, 0.4) is 0 Å². The van der Waals surface area contributed by atoms with Crippen LogP contribution >= 0.6 is 0 Å². The number of methoxy groups -OCH3 is 1. The van der Waals surface area contributed by atoms with Gasteiger partial charge in [-0.2, -0.15) is 0 Å². The van der Waals surface area contributed by atoms with Crippen molar-refractivity contribution < 1.29 is 9.47 Å². The van der Waals surface area contributed by atoms with Crippen molar-refractivity contribution in [3.63, 3.8) is 0 Å². The Balaban J connectivity index is 1.68. The molecule has 0 aliphatic carbocycles. The van der Waals surface area contributed by atoms with Gasteiger partial charge in [-0.05, 0) is 25.8 Å². The zero-order valence-electron chi connectivity index (χ0n) is 10.3. The molecule has 16 heavy (non-hydrogen) atoms. The summed E-state index contributed by atoms with van der Waals surface area (Å²) in [5.41, 5.74) is 0. The molecule has 2 saturated heterocycles. The van der Waals surface area contributed by atoms with Crippen molar-refractivity contribution in [1.82, 2.24) is 10.2 Å². The standard InChI is InChI=1S/C12H24N2O2/c1-15-8-6-14-5-2-3-11(9-14)13-12-4-7-16-10-12/h11-13H,2-10H2,1H3. The first-order chi connectivity index (χ1) is 7.88. The van der Waals surface area contributed by atoms with E-state index in [2.05, 4.69) is 10.2 Å². The van der Waals surface area contributed by atoms with Gasteiger partial charge in [0.2, 0.25) is 0 Å². The van der Waals surface area contributed by atoms with E-state index in [1.165, 1.54) is 32.4 Å². The lowest BCUT2D eigenvalue weighted by Gasteiger charge is -2.34. The van der Waals surface area contributed by atoms with Crippen molar-refractivity contribution in [2.75, 3.05) is 46.6 Å². The van der Waals surface area contributed by atoms with Crippen molar-refractivity contribution in [1.29, 1.82) is 0 Å². The first-order valence-corrected chi connectivity index (χ1v) is 6.43. The molecular weight excluding hydrogens is 204 g/mol. The molecule has 2 atom stereocenters. The number of hydrogen-bond acceptors (Lipinski definition) is 4. The molecule has 2 heterocycles. The Morgan fingerprint density at radius 1 is 1.38 bits per heavy atom. The van der Waals surface area contributed by atoms with E-state index in [-0.39, 0.29) is 0 Å². The Kier molecular flexibility index (Phi) is 5.03. The van der Waals surface area contributed by atoms with Crippen molar-refractivity contribution >= 4 is 0 Å². The lowest BCUT2D eigenvalue weighted by atomic mass is 10.0. The third kappa shape index (κ3) is 3.70. The molecule has 4 nitrogen and oxygen atoms in total. The largest absolute Gasteiger partial charge is 0.383 e. The summed E-state index contributed by atoms with van der Waals surface area (Å²) < 4.78 is 10.5. The number of hydrogen-bond donors (Lipinski definition) is 1. The van der Waals surface area contributed by atoms with Crippen LogP contribution in [0.2, 0.25) is 0 Å². The van der Waals surface area contributed by atoms with Crippen LogP contribution in [0.1, 0.15) is 19.3 Å². The van der Waals surface area contributed by atoms with E-state index in [1.54, 1.807) is 7.11 Å². The second-order valence-corrected chi connectivity index (χ2v) is 4.86. The number of likely N-dealkylation sites (tertiary alicyclic amines) is 1. The van der Waals surface area contributed by atoms with Crippen LogP contribution in [-0.2, 0) is 9.47 Å². The molecule has 0 aromatic rings. The van der Waals surface area contributed by atoms with Crippen LogP contribution in [0.15, 0.2) is 0 Å². The molecule has 0 spiro atoms. The smallest absolute Gasteiger partial charge is 0.0620 e. The van der Waals surface area contributed by atoms with E-state index >= 15 is 0 Å². The Hall–Kier alpha value is -0.160. The molecule has 1 N–H and O–H groups in total. The molecule has 0 aromatic carbocycles. The van der Waals surface area contributed by atoms with E-state index in [9.17, 15) is 0 Å². The molecule has 0 saturated carbocycles. The van der Waals surface area contributed by atoms with Gasteiger partial charge in [0.15, 0.2) is 0 Å². The molecule has 2 aliphatic heterocycles. The fourth-order valence-electron chi connectivity index (χ4n) is 2.61. The maximum atomic E-state index is 5.39. The van der Waals surface area contributed by atoms with E-state index in [0.717, 1.165) is 26.4 Å². The predicted octanol–water partition coefficient (Wildman–Crippen LogP) is 0.476. The molecule has 2 unspecified atom stereocenters. The minimum absolute atomic E-state index is 0.590. The Morgan fingerprint density at radius 3 is 3.06 bits per heavy atom. The minimum atomic E-state index is 0.590. The van der Waals surface area contributed by atoms with E-state index in [1.807, 2.05) is 0 Å². The number of ether oxygens (including phenoxy) is 2. The van der Waals surface area contributed by atoms with Crippen LogP contribution in [0.5, 0.6) is 0 Å². The van der Waals surface area contributed by atoms with Gasteiger partial charge in [0, 0.05) is 38.9 Å². The quantitative estimate of drug-likeness (QED) is 0.742. The number of piperidine rings is 1. The average Bonchev–Trinajstić information content (AvgIpc) is 2.80. The molecule has 4 heteroatoms. The van der Waals surface area contributed by atoms with Gasteiger partial charge in [-0.1, -0.05) is 0 Å². The van der Waals surface area contributed by atoms with E-state index < -0.39 is 0 Å². The molecule has 2 fully saturated rings. The minimum Gasteiger partial charge on any atom is -0.383 e. The number of nitrogens with zero attached hydrogens (tertiary/aromatic N) is 1. The van der Waals surface area contributed by atoms with E-state index in [0.29, 0.717) is 12.1 Å². The fourth-order valence-corrected chi connectivity index (χ4v) is 2.61. The van der Waals surface area contributed by atoms with Crippen LogP contribution in [0, 0.1) is 0 Å². The lowest BCUT2D eigenvalue weighted by molar-refractivity contribution is 0.118. The highest BCUT2D eigenvalue weighted by Gasteiger charge is 2.23. The normalized spacial score (nSPS) is 32.1. The van der Waals surface area contributed by atoms with Crippen LogP contribution < -0.4 is 5.32 Å². The van der Waals surface area contributed by atoms with Gasteiger partial charge in [0.05, 0.1) is 13.2 Å². The summed E-state index contributed by atoms with van der Waals surface area (Å²) in [4.78, 5) is 2.50. The Bertz CT molecular complexity index is 195. The van der Waals surface area contributed by atoms with Crippen molar-refractivity contribution in [2.45, 2.75) is 31.3 Å². The molecule has 0 aromatic heterocycles. The van der Waals surface area contributed by atoms with Crippen LogP contribution in [0.4, 0.5) is 0 Å². The Morgan fingerprint density at radius 2 is 2.31 bits per heavy atom. The highest BCUT2D eigenvalue weighted by Crippen LogP contribution is 2.12. The fraction of sp³-hybridized carbons (Fsp3) is 1.00. The number of nitrogens with one attached hydrogen (secondary N) is 1. The van der Waals surface area contributed by atoms with Gasteiger partial charge in [-0.25, -0.2) is 0 Å². The SMILES string of the molecule is COCCN1CCCC(NC2CCOC2)C1. The van der Waals surface area contributed by atoms with Crippen molar-refractivity contribution in [3.05, 3.63) is 0 Å². The van der Waals surface area contributed by atoms with E-state index in [4.69, 9.17) is 9.47 Å². The van der Waals surface area contributed by atoms with Crippen LogP contribution in [0.25, 0.3) is 0 Å². The molecule has 0 bridgehead atoms. The van der Waals surface area contributed by atoms with Crippen molar-refractivity contribution in [2.24, 2.45) is 0 Å². The van der Waals surface area contributed by atoms with Gasteiger partial charge in [0.25, 0.3) is 0 Å². The summed E-state index contributed by atoms with van der Waals surface area (Å²) in [5.74, 6) is 0. The average molecular weight is 228 g/mol. The summed E-state index contributed by atoms with van der Waals surface area (Å²) >= 11 is 0. The third-order valence-electron chi connectivity index (χ3n) is 3.52. The third-order valence-corrected chi connectivity index (χ3v) is 3.52. The predicted molar refractivity (Wildman–Crippen MR) is 63.7 cm³/mol. The summed E-state index contributed by atoms with van der Waals surface area (Å²) in [7, 11) is 1.77. The first kappa shape index (κ1) is 12.3. The molecule has 2 rings (SSSR count). The molecule has 94 valence electrons. The summed E-state index contributed by atoms with van der Waals surface area (Å²) in [6, 6.07) is 1.24. The van der Waals surface area contributed by atoms with Gasteiger partial charge in [0.1, 0.15) is 0 Å². The monoisotopic (exact) mass is 228 g/mol. The maximum Gasteiger partial charge on any atom is 0.0620 e. The van der Waals surface area contributed by atoms with Crippen molar-refractivity contribution in [3.8, 4) is 0 Å². The summed E-state index contributed by atoms with van der Waals surface area (Å²) in [6.45, 7) is 6.13. The molecule has 2 aliphatic rings. The molecule has 0 radical (unpaired) electrons. The summed E-state index contributed by atoms with van der Waals surface area (Å²) in [5, 5.41) is 3.72. The highest BCUT2D eigenvalue weighted by molar-refractivity contribution is 4.83. The lowest BCUT2D eigenvalue weighted by Crippen LogP contribution is -2.49. The van der Waals surface area contributed by atoms with Gasteiger partial charge in [-0.3, -0.25) is 4.90 Å². The summed E-state index contributed by atoms with van der Waals surface area (Å²) in [6.07, 6.45) is 3.78. The molecule has 0 amide bonds. The maximum absolute atomic E-state index is 5.39. The second kappa shape index (κ2) is 6.55. The van der Waals surface area contributed by atoms with Gasteiger partial charge in [-0.15, -0.1) is 0 Å². The Labute approximate surface area is 98.3 Å². The zero-order chi connectivity index (χ0) is 11.2. The molecular formula is C12H24N2O2.